The van der Waals surface area contributed by atoms with E-state index in [1.165, 1.54) is 17.9 Å². The summed E-state index contributed by atoms with van der Waals surface area (Å²) in [6.07, 6.45) is -1.78. The first-order chi connectivity index (χ1) is 16.5. The Hall–Kier alpha value is -3.66. The van der Waals surface area contributed by atoms with Crippen LogP contribution in [0.1, 0.15) is 39.3 Å². The molecule has 3 N–H and O–H groups in total. The van der Waals surface area contributed by atoms with Crippen LogP contribution in [0.4, 0.5) is 19.7 Å². The van der Waals surface area contributed by atoms with E-state index < -0.39 is 35.8 Å². The molecule has 1 saturated heterocycles. The molecule has 1 aliphatic heterocycles. The monoisotopic (exact) mass is 487 g/mol. The molecule has 2 atom stereocenters. The Morgan fingerprint density at radius 3 is 2.49 bits per heavy atom. The van der Waals surface area contributed by atoms with E-state index in [1.807, 2.05) is 0 Å². The maximum absolute atomic E-state index is 15.0. The third kappa shape index (κ3) is 6.92. The molecule has 1 fully saturated rings. The first-order valence-electron chi connectivity index (χ1n) is 11.2. The fraction of sp³-hybridized carbons (Fsp3) is 0.400. The van der Waals surface area contributed by atoms with Crippen molar-refractivity contribution in [3.05, 3.63) is 53.8 Å². The molecular weight excluding hydrogens is 457 g/mol. The van der Waals surface area contributed by atoms with Gasteiger partial charge < -0.3 is 25.2 Å². The normalized spacial score (nSPS) is 16.5. The average Bonchev–Trinajstić information content (AvgIpc) is 3.15. The number of amides is 3. The van der Waals surface area contributed by atoms with E-state index in [2.05, 4.69) is 10.6 Å². The Bertz CT molecular complexity index is 1080. The van der Waals surface area contributed by atoms with Crippen LogP contribution in [-0.2, 0) is 14.3 Å². The van der Waals surface area contributed by atoms with Gasteiger partial charge in [-0.05, 0) is 50.1 Å². The lowest BCUT2D eigenvalue weighted by Crippen LogP contribution is -2.36. The number of rotatable bonds is 7. The third-order valence-electron chi connectivity index (χ3n) is 5.21. The average molecular weight is 488 g/mol. The fourth-order valence-electron chi connectivity index (χ4n) is 3.58. The van der Waals surface area contributed by atoms with Gasteiger partial charge in [0.2, 0.25) is 5.91 Å². The predicted molar refractivity (Wildman–Crippen MR) is 127 cm³/mol. The number of nitrogens with one attached hydrogen (secondary N) is 2. The highest BCUT2D eigenvalue weighted by Crippen LogP contribution is 2.30. The van der Waals surface area contributed by atoms with Crippen molar-refractivity contribution in [1.29, 1.82) is 0 Å². The number of alkyl carbamates (subject to hydrolysis) is 1. The molecule has 2 aromatic carbocycles. The molecule has 0 saturated carbocycles. The van der Waals surface area contributed by atoms with E-state index >= 15 is 0 Å². The van der Waals surface area contributed by atoms with Crippen molar-refractivity contribution in [3.8, 4) is 11.1 Å². The van der Waals surface area contributed by atoms with Gasteiger partial charge in [0.1, 0.15) is 17.5 Å². The smallest absolute Gasteiger partial charge is 0.414 e. The highest BCUT2D eigenvalue weighted by Gasteiger charge is 2.32. The van der Waals surface area contributed by atoms with Crippen molar-refractivity contribution in [3.63, 3.8) is 0 Å². The molecule has 3 amide bonds. The Kier molecular flexibility index (Phi) is 7.96. The zero-order valence-electron chi connectivity index (χ0n) is 20.1. The number of ether oxygens (including phenoxy) is 2. The van der Waals surface area contributed by atoms with Gasteiger partial charge in [0, 0.05) is 12.5 Å². The summed E-state index contributed by atoms with van der Waals surface area (Å²) in [4.78, 5) is 36.6. The standard InChI is InChI=1S/C25H30FN3O6/c1-15(31)27-12-19-13-29(24(33)34-19)18-9-10-20(21(26)11-18)16-5-7-17(8-6-16)22(14-30)28-23(32)35-25(2,3)4/h5-11,19,22,30H,12-14H2,1-4H3,(H,27,31)(H,28,32)/t19-,22?/m0/s1. The van der Waals surface area contributed by atoms with Crippen molar-refractivity contribution < 1.29 is 33.4 Å². The summed E-state index contributed by atoms with van der Waals surface area (Å²) in [5.74, 6) is -0.759. The van der Waals surface area contributed by atoms with Crippen LogP contribution in [0.3, 0.4) is 0 Å². The van der Waals surface area contributed by atoms with E-state index in [0.717, 1.165) is 0 Å². The van der Waals surface area contributed by atoms with Gasteiger partial charge in [-0.1, -0.05) is 24.3 Å². The van der Waals surface area contributed by atoms with E-state index in [-0.39, 0.29) is 25.6 Å². The van der Waals surface area contributed by atoms with Crippen LogP contribution < -0.4 is 15.5 Å². The SMILES string of the molecule is CC(=O)NC[C@H]1CN(c2ccc(-c3ccc(C(CO)NC(=O)OC(C)(C)C)cc3)c(F)c2)C(=O)O1. The fourth-order valence-corrected chi connectivity index (χ4v) is 3.58. The topological polar surface area (TPSA) is 117 Å². The summed E-state index contributed by atoms with van der Waals surface area (Å²) < 4.78 is 25.4. The maximum atomic E-state index is 15.0. The lowest BCUT2D eigenvalue weighted by atomic mass is 10.00. The van der Waals surface area contributed by atoms with Gasteiger partial charge >= 0.3 is 12.2 Å². The van der Waals surface area contributed by atoms with Crippen LogP contribution in [0.15, 0.2) is 42.5 Å². The van der Waals surface area contributed by atoms with Gasteiger partial charge in [-0.3, -0.25) is 9.69 Å². The van der Waals surface area contributed by atoms with Crippen molar-refractivity contribution in [2.45, 2.75) is 45.4 Å². The zero-order chi connectivity index (χ0) is 25.8. The largest absolute Gasteiger partial charge is 0.444 e. The number of aliphatic hydroxyl groups excluding tert-OH is 1. The highest BCUT2D eigenvalue weighted by molar-refractivity contribution is 5.90. The molecule has 1 aliphatic rings. The number of carbonyl (C=O) groups is 3. The van der Waals surface area contributed by atoms with Crippen molar-refractivity contribution in [2.75, 3.05) is 24.6 Å². The number of carbonyl (C=O) groups excluding carboxylic acids is 3. The Morgan fingerprint density at radius 1 is 1.23 bits per heavy atom. The third-order valence-corrected chi connectivity index (χ3v) is 5.21. The number of cyclic esters (lactones) is 1. The highest BCUT2D eigenvalue weighted by atomic mass is 19.1. The lowest BCUT2D eigenvalue weighted by molar-refractivity contribution is -0.119. The van der Waals surface area contributed by atoms with Crippen LogP contribution in [-0.4, -0.2) is 54.6 Å². The molecule has 0 aliphatic carbocycles. The Balaban J connectivity index is 1.70. The number of aliphatic hydroxyl groups is 1. The molecule has 0 bridgehead atoms. The number of hydrogen-bond acceptors (Lipinski definition) is 6. The second kappa shape index (κ2) is 10.7. The predicted octanol–water partition coefficient (Wildman–Crippen LogP) is 3.51. The van der Waals surface area contributed by atoms with Crippen LogP contribution in [0.5, 0.6) is 0 Å². The molecule has 2 aromatic rings. The van der Waals surface area contributed by atoms with Gasteiger partial charge in [-0.15, -0.1) is 0 Å². The molecule has 1 unspecified atom stereocenters. The minimum absolute atomic E-state index is 0.183. The molecule has 1 heterocycles. The number of anilines is 1. The van der Waals surface area contributed by atoms with Crippen LogP contribution in [0.25, 0.3) is 11.1 Å². The second-order valence-electron chi connectivity index (χ2n) is 9.22. The second-order valence-corrected chi connectivity index (χ2v) is 9.22. The van der Waals surface area contributed by atoms with Crippen molar-refractivity contribution in [1.82, 2.24) is 10.6 Å². The zero-order valence-corrected chi connectivity index (χ0v) is 20.1. The van der Waals surface area contributed by atoms with Crippen LogP contribution >= 0.6 is 0 Å². The van der Waals surface area contributed by atoms with Crippen LogP contribution in [0.2, 0.25) is 0 Å². The van der Waals surface area contributed by atoms with Crippen molar-refractivity contribution >= 4 is 23.8 Å². The molecule has 0 radical (unpaired) electrons. The number of nitrogens with zero attached hydrogens (tertiary/aromatic N) is 1. The molecule has 188 valence electrons. The number of benzene rings is 2. The minimum Gasteiger partial charge on any atom is -0.444 e. The van der Waals surface area contributed by atoms with Gasteiger partial charge in [0.05, 0.1) is 31.4 Å². The van der Waals surface area contributed by atoms with E-state index in [9.17, 15) is 23.9 Å². The van der Waals surface area contributed by atoms with Gasteiger partial charge in [0.15, 0.2) is 0 Å². The summed E-state index contributed by atoms with van der Waals surface area (Å²) in [5.41, 5.74) is 1.21. The van der Waals surface area contributed by atoms with E-state index in [4.69, 9.17) is 9.47 Å². The van der Waals surface area contributed by atoms with E-state index in [0.29, 0.717) is 22.4 Å². The van der Waals surface area contributed by atoms with Crippen molar-refractivity contribution in [2.24, 2.45) is 0 Å². The molecule has 0 aromatic heterocycles. The first kappa shape index (κ1) is 26.0. The number of hydrogen-bond donors (Lipinski definition) is 3. The van der Waals surface area contributed by atoms with Gasteiger partial charge in [-0.25, -0.2) is 14.0 Å². The summed E-state index contributed by atoms with van der Waals surface area (Å²) >= 11 is 0. The molecular formula is C25H30FN3O6. The Labute approximate surface area is 203 Å². The number of halogens is 1. The quantitative estimate of drug-likeness (QED) is 0.550. The first-order valence-corrected chi connectivity index (χ1v) is 11.2. The molecule has 10 heteroatoms. The van der Waals surface area contributed by atoms with Crippen LogP contribution in [0, 0.1) is 5.82 Å². The van der Waals surface area contributed by atoms with Gasteiger partial charge in [0.25, 0.3) is 0 Å². The molecule has 9 nitrogen and oxygen atoms in total. The minimum atomic E-state index is -0.683. The van der Waals surface area contributed by atoms with E-state index in [1.54, 1.807) is 57.2 Å². The molecule has 0 spiro atoms. The summed E-state index contributed by atoms with van der Waals surface area (Å²) in [6, 6.07) is 10.5. The summed E-state index contributed by atoms with van der Waals surface area (Å²) in [7, 11) is 0. The molecule has 35 heavy (non-hydrogen) atoms. The molecule has 3 rings (SSSR count). The summed E-state index contributed by atoms with van der Waals surface area (Å²) in [6.45, 7) is 6.64. The van der Waals surface area contributed by atoms with Gasteiger partial charge in [-0.2, -0.15) is 0 Å². The Morgan fingerprint density at radius 2 is 1.91 bits per heavy atom. The lowest BCUT2D eigenvalue weighted by Gasteiger charge is -2.23. The summed E-state index contributed by atoms with van der Waals surface area (Å²) in [5, 5.41) is 14.9. The maximum Gasteiger partial charge on any atom is 0.414 e.